The Labute approximate surface area is 63.1 Å². The highest BCUT2D eigenvalue weighted by Gasteiger charge is 1.94. The van der Waals surface area contributed by atoms with Crippen LogP contribution >= 0.6 is 0 Å². The molecule has 0 bridgehead atoms. The van der Waals surface area contributed by atoms with Gasteiger partial charge in [0.15, 0.2) is 0 Å². The molecule has 0 fully saturated rings. The Morgan fingerprint density at radius 2 is 2.55 bits per heavy atom. The fourth-order valence-electron chi connectivity index (χ4n) is 0.621. The Hall–Kier alpha value is -1.58. The van der Waals surface area contributed by atoms with Crippen molar-refractivity contribution in [1.29, 1.82) is 0 Å². The second kappa shape index (κ2) is 3.01. The summed E-state index contributed by atoms with van der Waals surface area (Å²) < 4.78 is 4.70. The number of aryl methyl sites for hydroxylation is 1. The van der Waals surface area contributed by atoms with Crippen molar-refractivity contribution in [2.24, 2.45) is 0 Å². The molecule has 0 aromatic carbocycles. The van der Waals surface area contributed by atoms with Gasteiger partial charge in [0, 0.05) is 12.1 Å². The molecule has 58 valence electrons. The maximum atomic E-state index is 10.0. The minimum Gasteiger partial charge on any atom is -0.478 e. The maximum Gasteiger partial charge on any atom is 0.328 e. The highest BCUT2D eigenvalue weighted by atomic mass is 16.5. The number of carboxylic acid groups (broad SMARTS) is 1. The van der Waals surface area contributed by atoms with Crippen LogP contribution in [-0.2, 0) is 4.79 Å². The van der Waals surface area contributed by atoms with Crippen LogP contribution in [-0.4, -0.2) is 16.2 Å². The summed E-state index contributed by atoms with van der Waals surface area (Å²) in [5, 5.41) is 11.8. The zero-order valence-electron chi connectivity index (χ0n) is 5.94. The van der Waals surface area contributed by atoms with Gasteiger partial charge in [-0.05, 0) is 13.0 Å². The molecule has 0 unspecified atom stereocenters. The predicted octanol–water partition coefficient (Wildman–Crippen LogP) is 1.08. The highest BCUT2D eigenvalue weighted by molar-refractivity contribution is 5.84. The van der Waals surface area contributed by atoms with Crippen molar-refractivity contribution in [1.82, 2.24) is 5.16 Å². The van der Waals surface area contributed by atoms with Crippen molar-refractivity contribution in [3.05, 3.63) is 23.6 Å². The van der Waals surface area contributed by atoms with Crippen LogP contribution in [0.1, 0.15) is 11.5 Å². The van der Waals surface area contributed by atoms with Gasteiger partial charge in [-0.2, -0.15) is 0 Å². The van der Waals surface area contributed by atoms with Crippen molar-refractivity contribution in [3.63, 3.8) is 0 Å². The van der Waals surface area contributed by atoms with E-state index in [0.29, 0.717) is 11.5 Å². The minimum absolute atomic E-state index is 0.518. The maximum absolute atomic E-state index is 10.0. The van der Waals surface area contributed by atoms with E-state index in [9.17, 15) is 4.79 Å². The number of rotatable bonds is 2. The van der Waals surface area contributed by atoms with Crippen LogP contribution < -0.4 is 0 Å². The molecule has 0 aliphatic heterocycles. The molecule has 0 amide bonds. The normalized spacial score (nSPS) is 10.6. The number of hydrogen-bond acceptors (Lipinski definition) is 3. The number of nitrogens with zero attached hydrogens (tertiary/aromatic N) is 1. The Bertz CT molecular complexity index is 288. The van der Waals surface area contributed by atoms with E-state index >= 15 is 0 Å². The third-order valence-electron chi connectivity index (χ3n) is 1.04. The largest absolute Gasteiger partial charge is 0.478 e. The van der Waals surface area contributed by atoms with E-state index in [4.69, 9.17) is 9.63 Å². The third kappa shape index (κ3) is 2.25. The topological polar surface area (TPSA) is 63.3 Å². The van der Waals surface area contributed by atoms with Gasteiger partial charge in [-0.3, -0.25) is 0 Å². The second-order valence-electron chi connectivity index (χ2n) is 2.03. The van der Waals surface area contributed by atoms with E-state index in [1.807, 2.05) is 0 Å². The van der Waals surface area contributed by atoms with E-state index in [2.05, 4.69) is 5.16 Å². The quantitative estimate of drug-likeness (QED) is 0.645. The van der Waals surface area contributed by atoms with Gasteiger partial charge in [0.1, 0.15) is 11.5 Å². The van der Waals surface area contributed by atoms with Gasteiger partial charge < -0.3 is 9.63 Å². The van der Waals surface area contributed by atoms with Crippen molar-refractivity contribution >= 4 is 12.0 Å². The van der Waals surface area contributed by atoms with Crippen LogP contribution in [0.15, 0.2) is 16.7 Å². The molecule has 0 aliphatic rings. The monoisotopic (exact) mass is 153 g/mol. The lowest BCUT2D eigenvalue weighted by atomic mass is 10.3. The number of carbonyl (C=O) groups is 1. The van der Waals surface area contributed by atoms with Gasteiger partial charge >= 0.3 is 5.97 Å². The summed E-state index contributed by atoms with van der Waals surface area (Å²) in [5.74, 6) is -0.333. The van der Waals surface area contributed by atoms with Gasteiger partial charge in [0.25, 0.3) is 0 Å². The van der Waals surface area contributed by atoms with Gasteiger partial charge in [-0.1, -0.05) is 5.16 Å². The molecule has 1 N–H and O–H groups in total. The number of aliphatic carboxylic acids is 1. The van der Waals surface area contributed by atoms with Crippen molar-refractivity contribution in [3.8, 4) is 0 Å². The summed E-state index contributed by atoms with van der Waals surface area (Å²) >= 11 is 0. The predicted molar refractivity (Wildman–Crippen MR) is 37.9 cm³/mol. The fraction of sp³-hybridized carbons (Fsp3) is 0.143. The summed E-state index contributed by atoms with van der Waals surface area (Å²) in [6, 6.07) is 1.65. The minimum atomic E-state index is -0.995. The first-order valence-corrected chi connectivity index (χ1v) is 3.03. The molecule has 0 saturated heterocycles. The van der Waals surface area contributed by atoms with E-state index in [-0.39, 0.29) is 0 Å². The van der Waals surface area contributed by atoms with Crippen LogP contribution in [0.2, 0.25) is 0 Å². The van der Waals surface area contributed by atoms with Crippen LogP contribution in [0.4, 0.5) is 0 Å². The third-order valence-corrected chi connectivity index (χ3v) is 1.04. The zero-order valence-corrected chi connectivity index (χ0v) is 5.94. The van der Waals surface area contributed by atoms with Gasteiger partial charge in [0.2, 0.25) is 0 Å². The molecular weight excluding hydrogens is 146 g/mol. The second-order valence-corrected chi connectivity index (χ2v) is 2.03. The number of aromatic nitrogens is 1. The molecular formula is C7H7NO3. The molecule has 4 nitrogen and oxygen atoms in total. The first-order valence-electron chi connectivity index (χ1n) is 3.03. The Morgan fingerprint density at radius 1 is 1.82 bits per heavy atom. The Balaban J connectivity index is 2.71. The molecule has 0 radical (unpaired) electrons. The summed E-state index contributed by atoms with van der Waals surface area (Å²) in [4.78, 5) is 10.0. The van der Waals surface area contributed by atoms with Crippen molar-refractivity contribution < 1.29 is 14.4 Å². The van der Waals surface area contributed by atoms with E-state index in [1.165, 1.54) is 6.08 Å². The summed E-state index contributed by atoms with van der Waals surface area (Å²) in [6.45, 7) is 1.74. The lowest BCUT2D eigenvalue weighted by Gasteiger charge is -1.76. The number of hydrogen-bond donors (Lipinski definition) is 1. The van der Waals surface area contributed by atoms with E-state index in [0.717, 1.165) is 6.08 Å². The van der Waals surface area contributed by atoms with Crippen LogP contribution in [0.5, 0.6) is 0 Å². The van der Waals surface area contributed by atoms with Crippen LogP contribution in [0.3, 0.4) is 0 Å². The number of carboxylic acids is 1. The van der Waals surface area contributed by atoms with E-state index in [1.54, 1.807) is 13.0 Å². The van der Waals surface area contributed by atoms with E-state index < -0.39 is 5.97 Å². The summed E-state index contributed by atoms with van der Waals surface area (Å²) in [7, 11) is 0. The molecule has 4 heteroatoms. The summed E-state index contributed by atoms with van der Waals surface area (Å²) in [6.07, 6.45) is 2.39. The smallest absolute Gasteiger partial charge is 0.328 e. The van der Waals surface area contributed by atoms with Gasteiger partial charge in [0.05, 0.1) is 0 Å². The fourth-order valence-corrected chi connectivity index (χ4v) is 0.621. The first kappa shape index (κ1) is 7.53. The van der Waals surface area contributed by atoms with Crippen LogP contribution in [0, 0.1) is 6.92 Å². The first-order chi connectivity index (χ1) is 5.18. The molecule has 0 aliphatic carbocycles. The molecule has 1 rings (SSSR count). The molecule has 1 heterocycles. The summed E-state index contributed by atoms with van der Waals surface area (Å²) in [5.41, 5.74) is 0.518. The SMILES string of the molecule is Cc1cc(/C=C/C(=O)O)no1. The highest BCUT2D eigenvalue weighted by Crippen LogP contribution is 2.02. The van der Waals surface area contributed by atoms with Crippen molar-refractivity contribution in [2.45, 2.75) is 6.92 Å². The Morgan fingerprint density at radius 3 is 3.00 bits per heavy atom. The average molecular weight is 153 g/mol. The van der Waals surface area contributed by atoms with Gasteiger partial charge in [-0.15, -0.1) is 0 Å². The lowest BCUT2D eigenvalue weighted by Crippen LogP contribution is -1.85. The molecule has 1 aromatic rings. The lowest BCUT2D eigenvalue weighted by molar-refractivity contribution is -0.131. The zero-order chi connectivity index (χ0) is 8.27. The molecule has 0 atom stereocenters. The molecule has 0 spiro atoms. The van der Waals surface area contributed by atoms with Gasteiger partial charge in [-0.25, -0.2) is 4.79 Å². The Kier molecular flexibility index (Phi) is 2.06. The van der Waals surface area contributed by atoms with Crippen LogP contribution in [0.25, 0.3) is 6.08 Å². The molecule has 0 saturated carbocycles. The standard InChI is InChI=1S/C7H7NO3/c1-5-4-6(8-11-5)2-3-7(9)10/h2-4H,1H3,(H,9,10)/b3-2+. The van der Waals surface area contributed by atoms with Crippen molar-refractivity contribution in [2.75, 3.05) is 0 Å². The molecule has 11 heavy (non-hydrogen) atoms. The molecule has 1 aromatic heterocycles. The average Bonchev–Trinajstić information content (AvgIpc) is 2.31.